The Balaban J connectivity index is 1.58. The molecule has 2 aromatic carbocycles. The molecule has 4 rings (SSSR count). The van der Waals surface area contributed by atoms with Gasteiger partial charge < -0.3 is 4.57 Å². The molecule has 0 radical (unpaired) electrons. The van der Waals surface area contributed by atoms with Crippen molar-refractivity contribution < 1.29 is 16.8 Å². The van der Waals surface area contributed by atoms with Crippen LogP contribution in [-0.4, -0.2) is 45.3 Å². The molecule has 1 unspecified atom stereocenters. The lowest BCUT2D eigenvalue weighted by Gasteiger charge is -2.24. The molecule has 164 valence electrons. The number of nitrogens with zero attached hydrogens (tertiary/aromatic N) is 2. The SMILES string of the molecule is Cc1ccc(S(=O)(=O)NCC2CN(S(=O)(=O)c3ccccc3)CCn3cccc32)cc1. The molecule has 1 N–H and O–H groups in total. The van der Waals surface area contributed by atoms with E-state index in [9.17, 15) is 16.8 Å². The van der Waals surface area contributed by atoms with Crippen LogP contribution in [0.2, 0.25) is 0 Å². The van der Waals surface area contributed by atoms with Crippen LogP contribution in [-0.2, 0) is 26.6 Å². The van der Waals surface area contributed by atoms with Gasteiger partial charge in [-0.25, -0.2) is 21.6 Å². The third-order valence-electron chi connectivity index (χ3n) is 5.53. The van der Waals surface area contributed by atoms with Crippen LogP contribution in [0.3, 0.4) is 0 Å². The first-order valence-corrected chi connectivity index (χ1v) is 13.0. The van der Waals surface area contributed by atoms with Gasteiger partial charge >= 0.3 is 0 Å². The number of aromatic nitrogens is 1. The van der Waals surface area contributed by atoms with Crippen molar-refractivity contribution in [3.8, 4) is 0 Å². The van der Waals surface area contributed by atoms with E-state index in [0.29, 0.717) is 13.1 Å². The third-order valence-corrected chi connectivity index (χ3v) is 8.85. The Morgan fingerprint density at radius 2 is 1.58 bits per heavy atom. The van der Waals surface area contributed by atoms with E-state index in [1.54, 1.807) is 54.6 Å². The van der Waals surface area contributed by atoms with Gasteiger partial charge in [-0.05, 0) is 43.3 Å². The molecule has 1 atom stereocenters. The van der Waals surface area contributed by atoms with Gasteiger partial charge in [0.05, 0.1) is 9.79 Å². The monoisotopic (exact) mass is 459 g/mol. The van der Waals surface area contributed by atoms with Gasteiger partial charge in [-0.1, -0.05) is 35.9 Å². The number of hydrogen-bond donors (Lipinski definition) is 1. The van der Waals surface area contributed by atoms with Crippen LogP contribution in [0.25, 0.3) is 0 Å². The zero-order valence-corrected chi connectivity index (χ0v) is 18.8. The Bertz CT molecular complexity index is 1250. The van der Waals surface area contributed by atoms with E-state index in [4.69, 9.17) is 0 Å². The zero-order chi connectivity index (χ0) is 22.1. The molecule has 0 saturated heterocycles. The normalized spacial score (nSPS) is 17.8. The fraction of sp³-hybridized carbons (Fsp3) is 0.273. The van der Waals surface area contributed by atoms with Crippen LogP contribution in [0.15, 0.2) is 82.7 Å². The van der Waals surface area contributed by atoms with E-state index in [-0.39, 0.29) is 28.8 Å². The molecule has 0 aliphatic carbocycles. The lowest BCUT2D eigenvalue weighted by molar-refractivity contribution is 0.392. The van der Waals surface area contributed by atoms with E-state index >= 15 is 0 Å². The topological polar surface area (TPSA) is 88.5 Å². The molecule has 31 heavy (non-hydrogen) atoms. The zero-order valence-electron chi connectivity index (χ0n) is 17.2. The molecule has 0 saturated carbocycles. The van der Waals surface area contributed by atoms with Gasteiger partial charge in [0.25, 0.3) is 0 Å². The number of rotatable bonds is 6. The van der Waals surface area contributed by atoms with Crippen LogP contribution >= 0.6 is 0 Å². The highest BCUT2D eigenvalue weighted by Gasteiger charge is 2.32. The summed E-state index contributed by atoms with van der Waals surface area (Å²) in [5, 5.41) is 0. The summed E-state index contributed by atoms with van der Waals surface area (Å²) in [5.74, 6) is -0.323. The fourth-order valence-corrected chi connectivity index (χ4v) is 6.37. The molecule has 0 bridgehead atoms. The number of nitrogens with one attached hydrogen (secondary N) is 1. The summed E-state index contributed by atoms with van der Waals surface area (Å²) >= 11 is 0. The van der Waals surface area contributed by atoms with Gasteiger partial charge in [0, 0.05) is 44.0 Å². The second kappa shape index (κ2) is 8.58. The second-order valence-corrected chi connectivity index (χ2v) is 11.4. The van der Waals surface area contributed by atoms with Gasteiger partial charge in [0.1, 0.15) is 0 Å². The van der Waals surface area contributed by atoms with E-state index < -0.39 is 20.0 Å². The summed E-state index contributed by atoms with van der Waals surface area (Å²) in [5.41, 5.74) is 1.89. The Hall–Kier alpha value is -2.46. The van der Waals surface area contributed by atoms with Crippen molar-refractivity contribution in [3.05, 3.63) is 84.2 Å². The number of hydrogen-bond acceptors (Lipinski definition) is 4. The largest absolute Gasteiger partial charge is 0.350 e. The highest BCUT2D eigenvalue weighted by Crippen LogP contribution is 2.26. The Labute approximate surface area is 183 Å². The maximum absolute atomic E-state index is 13.2. The molecule has 1 aliphatic rings. The first-order valence-electron chi connectivity index (χ1n) is 10.0. The molecule has 0 fully saturated rings. The molecule has 2 heterocycles. The Morgan fingerprint density at radius 1 is 0.871 bits per heavy atom. The summed E-state index contributed by atoms with van der Waals surface area (Å²) in [7, 11) is -7.39. The molecule has 9 heteroatoms. The Kier molecular flexibility index (Phi) is 6.02. The van der Waals surface area contributed by atoms with Gasteiger partial charge in [-0.2, -0.15) is 4.31 Å². The van der Waals surface area contributed by atoms with E-state index in [0.717, 1.165) is 11.3 Å². The van der Waals surface area contributed by atoms with Gasteiger partial charge in [-0.3, -0.25) is 0 Å². The number of aryl methyl sites for hydroxylation is 1. The highest BCUT2D eigenvalue weighted by molar-refractivity contribution is 7.89. The minimum Gasteiger partial charge on any atom is -0.350 e. The molecule has 1 aliphatic heterocycles. The Morgan fingerprint density at radius 3 is 2.29 bits per heavy atom. The fourth-order valence-electron chi connectivity index (χ4n) is 3.79. The average molecular weight is 460 g/mol. The van der Waals surface area contributed by atoms with Crippen molar-refractivity contribution in [2.75, 3.05) is 19.6 Å². The van der Waals surface area contributed by atoms with Crippen LogP contribution in [0.4, 0.5) is 0 Å². The van der Waals surface area contributed by atoms with Gasteiger partial charge in [0.15, 0.2) is 0 Å². The first-order chi connectivity index (χ1) is 14.8. The molecular weight excluding hydrogens is 434 g/mol. The third kappa shape index (κ3) is 4.59. The summed E-state index contributed by atoms with van der Waals surface area (Å²) in [6, 6.07) is 18.8. The highest BCUT2D eigenvalue weighted by atomic mass is 32.2. The summed E-state index contributed by atoms with van der Waals surface area (Å²) in [6.45, 7) is 3.01. The molecular formula is C22H25N3O4S2. The minimum absolute atomic E-state index is 0.0982. The van der Waals surface area contributed by atoms with E-state index in [1.807, 2.05) is 29.8 Å². The first kappa shape index (κ1) is 21.8. The molecule has 3 aromatic rings. The summed E-state index contributed by atoms with van der Waals surface area (Å²) in [6.07, 6.45) is 1.90. The minimum atomic E-state index is -3.71. The van der Waals surface area contributed by atoms with E-state index in [1.165, 1.54) is 4.31 Å². The van der Waals surface area contributed by atoms with Crippen molar-refractivity contribution in [3.63, 3.8) is 0 Å². The maximum Gasteiger partial charge on any atom is 0.243 e. The van der Waals surface area contributed by atoms with Crippen LogP contribution in [0, 0.1) is 6.92 Å². The number of benzene rings is 2. The average Bonchev–Trinajstić information content (AvgIpc) is 3.15. The lowest BCUT2D eigenvalue weighted by atomic mass is 10.1. The van der Waals surface area contributed by atoms with Crippen molar-refractivity contribution in [2.45, 2.75) is 29.2 Å². The molecule has 7 nitrogen and oxygen atoms in total. The van der Waals surface area contributed by atoms with Crippen molar-refractivity contribution in [2.24, 2.45) is 0 Å². The maximum atomic E-state index is 13.2. The second-order valence-electron chi connectivity index (χ2n) is 7.66. The van der Waals surface area contributed by atoms with Crippen molar-refractivity contribution in [1.82, 2.24) is 13.6 Å². The van der Waals surface area contributed by atoms with Crippen LogP contribution in [0.5, 0.6) is 0 Å². The molecule has 0 amide bonds. The molecule has 0 spiro atoms. The lowest BCUT2D eigenvalue weighted by Crippen LogP contribution is -2.38. The number of sulfonamides is 2. The van der Waals surface area contributed by atoms with Crippen LogP contribution < -0.4 is 4.72 Å². The van der Waals surface area contributed by atoms with Gasteiger partial charge in [-0.15, -0.1) is 0 Å². The predicted octanol–water partition coefficient (Wildman–Crippen LogP) is 2.56. The predicted molar refractivity (Wildman–Crippen MR) is 119 cm³/mol. The van der Waals surface area contributed by atoms with Crippen molar-refractivity contribution in [1.29, 1.82) is 0 Å². The smallest absolute Gasteiger partial charge is 0.243 e. The van der Waals surface area contributed by atoms with Gasteiger partial charge in [0.2, 0.25) is 20.0 Å². The van der Waals surface area contributed by atoms with Crippen LogP contribution in [0.1, 0.15) is 17.2 Å². The summed E-state index contributed by atoms with van der Waals surface area (Å²) < 4.78 is 58.0. The van der Waals surface area contributed by atoms with Crippen molar-refractivity contribution >= 4 is 20.0 Å². The molecule has 1 aromatic heterocycles. The standard InChI is InChI=1S/C22H25N3O4S2/c1-18-9-11-20(12-10-18)30(26,27)23-16-19-17-25(15-14-24-13-5-8-22(19)24)31(28,29)21-6-3-2-4-7-21/h2-13,19,23H,14-17H2,1H3. The quantitative estimate of drug-likeness (QED) is 0.614. The summed E-state index contributed by atoms with van der Waals surface area (Å²) in [4.78, 5) is 0.427. The number of fused-ring (bicyclic) bond motifs is 1. The van der Waals surface area contributed by atoms with E-state index in [2.05, 4.69) is 4.72 Å².